The molecule has 0 radical (unpaired) electrons. The van der Waals surface area contributed by atoms with Crippen LogP contribution in [0.15, 0.2) is 81.7 Å². The van der Waals surface area contributed by atoms with Gasteiger partial charge in [0.15, 0.2) is 11.0 Å². The van der Waals surface area contributed by atoms with Crippen molar-refractivity contribution in [3.63, 3.8) is 0 Å². The first-order chi connectivity index (χ1) is 14.9. The summed E-state index contributed by atoms with van der Waals surface area (Å²) in [7, 11) is -4.61. The van der Waals surface area contributed by atoms with Crippen LogP contribution in [0.5, 0.6) is 0 Å². The molecule has 4 aromatic rings. The number of thioether (sulfide) groups is 1. The fourth-order valence-electron chi connectivity index (χ4n) is 2.83. The first kappa shape index (κ1) is 21.2. The topological polar surface area (TPSA) is 90.9 Å². The third-order valence-electron chi connectivity index (χ3n) is 4.39. The van der Waals surface area contributed by atoms with E-state index in [1.165, 1.54) is 36.0 Å². The van der Waals surface area contributed by atoms with Gasteiger partial charge in [-0.3, -0.25) is 9.55 Å². The lowest BCUT2D eigenvalue weighted by Crippen LogP contribution is -2.11. The molecule has 0 atom stereocenters. The predicted molar refractivity (Wildman–Crippen MR) is 110 cm³/mol. The minimum absolute atomic E-state index is 0.406. The molecule has 0 bridgehead atoms. The van der Waals surface area contributed by atoms with Crippen LogP contribution in [0.4, 0.5) is 8.78 Å². The first-order valence-corrected chi connectivity index (χ1v) is 11.6. The fourth-order valence-corrected chi connectivity index (χ4v) is 4.45. The van der Waals surface area contributed by atoms with E-state index in [2.05, 4.69) is 15.2 Å². The van der Waals surface area contributed by atoms with Crippen molar-refractivity contribution in [2.45, 2.75) is 28.1 Å². The molecule has 0 fully saturated rings. The molecule has 160 valence electrons. The van der Waals surface area contributed by atoms with Crippen molar-refractivity contribution >= 4 is 21.6 Å². The van der Waals surface area contributed by atoms with Crippen molar-refractivity contribution < 1.29 is 21.6 Å². The van der Waals surface area contributed by atoms with E-state index in [1.54, 1.807) is 24.7 Å². The molecule has 0 saturated heterocycles. The van der Waals surface area contributed by atoms with Gasteiger partial charge >= 0.3 is 5.76 Å². The Labute approximate surface area is 181 Å². The lowest BCUT2D eigenvalue weighted by atomic mass is 10.2. The van der Waals surface area contributed by atoms with Crippen molar-refractivity contribution in [2.24, 2.45) is 0 Å². The van der Waals surface area contributed by atoms with Crippen molar-refractivity contribution in [2.75, 3.05) is 0 Å². The first-order valence-electron chi connectivity index (χ1n) is 9.05. The Kier molecular flexibility index (Phi) is 6.14. The number of halogens is 2. The summed E-state index contributed by atoms with van der Waals surface area (Å²) in [6, 6.07) is 12.7. The van der Waals surface area contributed by atoms with Gasteiger partial charge in [-0.25, -0.2) is 8.42 Å². The summed E-state index contributed by atoms with van der Waals surface area (Å²) in [6.07, 6.45) is 4.95. The monoisotopic (exact) mass is 462 g/mol. The van der Waals surface area contributed by atoms with Crippen LogP contribution in [0.3, 0.4) is 0 Å². The molecule has 0 amide bonds. The number of hydrogen-bond donors (Lipinski definition) is 0. The van der Waals surface area contributed by atoms with E-state index in [4.69, 9.17) is 4.42 Å². The molecule has 31 heavy (non-hydrogen) atoms. The van der Waals surface area contributed by atoms with E-state index in [1.807, 2.05) is 22.8 Å². The van der Waals surface area contributed by atoms with E-state index in [9.17, 15) is 17.2 Å². The highest BCUT2D eigenvalue weighted by Crippen LogP contribution is 2.28. The van der Waals surface area contributed by atoms with Gasteiger partial charge in [0.25, 0.3) is 0 Å². The van der Waals surface area contributed by atoms with Crippen molar-refractivity contribution in [1.82, 2.24) is 19.7 Å². The average Bonchev–Trinajstić information content (AvgIpc) is 3.43. The molecule has 0 aliphatic carbocycles. The Morgan fingerprint density at radius 2 is 1.87 bits per heavy atom. The van der Waals surface area contributed by atoms with E-state index >= 15 is 0 Å². The number of aromatic nitrogens is 4. The second-order valence-corrected chi connectivity index (χ2v) is 9.31. The van der Waals surface area contributed by atoms with Gasteiger partial charge < -0.3 is 4.42 Å². The summed E-state index contributed by atoms with van der Waals surface area (Å²) in [5.74, 6) is -1.64. The number of benzene rings is 1. The Balaban J connectivity index is 1.56. The highest BCUT2D eigenvalue weighted by atomic mass is 32.2. The van der Waals surface area contributed by atoms with Gasteiger partial charge in [0.2, 0.25) is 9.84 Å². The normalized spacial score (nSPS) is 11.8. The predicted octanol–water partition coefficient (Wildman–Crippen LogP) is 4.27. The lowest BCUT2D eigenvalue weighted by Gasteiger charge is -2.09. The summed E-state index contributed by atoms with van der Waals surface area (Å²) < 4.78 is 55.9. The molecule has 0 spiro atoms. The molecule has 3 aromatic heterocycles. The van der Waals surface area contributed by atoms with Crippen LogP contribution in [0.1, 0.15) is 11.3 Å². The van der Waals surface area contributed by atoms with Crippen LogP contribution in [-0.4, -0.2) is 33.9 Å². The number of pyridine rings is 1. The fraction of sp³-hybridized carbons (Fsp3) is 0.150. The van der Waals surface area contributed by atoms with Gasteiger partial charge in [0.1, 0.15) is 5.76 Å². The smallest absolute Gasteiger partial charge is 0.341 e. The summed E-state index contributed by atoms with van der Waals surface area (Å²) >= 11 is 1.39. The van der Waals surface area contributed by atoms with E-state index < -0.39 is 20.5 Å². The molecule has 0 N–H and O–H groups in total. The molecule has 7 nitrogen and oxygen atoms in total. The summed E-state index contributed by atoms with van der Waals surface area (Å²) in [6.45, 7) is 0.415. The van der Waals surface area contributed by atoms with E-state index in [0.29, 0.717) is 23.3 Å². The molecule has 3 heterocycles. The van der Waals surface area contributed by atoms with Crippen molar-refractivity contribution in [1.29, 1.82) is 0 Å². The van der Waals surface area contributed by atoms with Gasteiger partial charge in [-0.05, 0) is 42.0 Å². The van der Waals surface area contributed by atoms with Crippen LogP contribution in [0, 0.1) is 0 Å². The molecule has 4 rings (SSSR count). The van der Waals surface area contributed by atoms with Crippen LogP contribution >= 0.6 is 11.8 Å². The standard InChI is InChI=1S/C20H16F2N4O3S2/c21-19(22)31(27,28)17-7-5-14(6-8-17)13-30-20-25-24-18(15-3-1-9-23-11-15)26(20)12-16-4-2-10-29-16/h1-11,19H,12-13H2. The van der Waals surface area contributed by atoms with Crippen LogP contribution < -0.4 is 0 Å². The number of nitrogens with zero attached hydrogens (tertiary/aromatic N) is 4. The SMILES string of the molecule is O=S(=O)(c1ccc(CSc2nnc(-c3cccnc3)n2Cc2ccco2)cc1)C(F)F. The lowest BCUT2D eigenvalue weighted by molar-refractivity contribution is 0.234. The molecular weight excluding hydrogens is 446 g/mol. The molecule has 11 heteroatoms. The van der Waals surface area contributed by atoms with Crippen LogP contribution in [0.2, 0.25) is 0 Å². The Morgan fingerprint density at radius 3 is 2.52 bits per heavy atom. The largest absolute Gasteiger partial charge is 0.467 e. The molecule has 0 saturated carbocycles. The summed E-state index contributed by atoms with van der Waals surface area (Å²) in [5, 5.41) is 9.20. The number of rotatable bonds is 8. The maximum absolute atomic E-state index is 12.7. The Hall–Kier alpha value is -3.05. The second-order valence-electron chi connectivity index (χ2n) is 6.45. The van der Waals surface area contributed by atoms with Crippen molar-refractivity contribution in [3.8, 4) is 11.4 Å². The zero-order valence-electron chi connectivity index (χ0n) is 15.9. The maximum Gasteiger partial charge on any atom is 0.341 e. The van der Waals surface area contributed by atoms with E-state index in [-0.39, 0.29) is 0 Å². The second kappa shape index (κ2) is 8.98. The third kappa shape index (κ3) is 4.67. The van der Waals surface area contributed by atoms with Gasteiger partial charge in [0, 0.05) is 23.7 Å². The average molecular weight is 463 g/mol. The molecule has 0 aliphatic heterocycles. The van der Waals surface area contributed by atoms with E-state index in [0.717, 1.165) is 16.9 Å². The molecule has 0 unspecified atom stereocenters. The molecule has 0 aliphatic rings. The molecule has 1 aromatic carbocycles. The van der Waals surface area contributed by atoms with Gasteiger partial charge in [-0.15, -0.1) is 10.2 Å². The summed E-state index contributed by atoms with van der Waals surface area (Å²) in [4.78, 5) is 3.72. The Bertz CT molecular complexity index is 1240. The summed E-state index contributed by atoms with van der Waals surface area (Å²) in [5.41, 5.74) is 1.56. The minimum Gasteiger partial charge on any atom is -0.467 e. The van der Waals surface area contributed by atoms with Crippen molar-refractivity contribution in [3.05, 3.63) is 78.5 Å². The van der Waals surface area contributed by atoms with Gasteiger partial charge in [0.05, 0.1) is 17.7 Å². The zero-order chi connectivity index (χ0) is 21.8. The van der Waals surface area contributed by atoms with Crippen LogP contribution in [0.25, 0.3) is 11.4 Å². The van der Waals surface area contributed by atoms with Gasteiger partial charge in [-0.2, -0.15) is 8.78 Å². The number of hydrogen-bond acceptors (Lipinski definition) is 7. The van der Waals surface area contributed by atoms with Gasteiger partial charge in [-0.1, -0.05) is 23.9 Å². The number of alkyl halides is 2. The highest BCUT2D eigenvalue weighted by molar-refractivity contribution is 7.98. The minimum atomic E-state index is -4.61. The van der Waals surface area contributed by atoms with Crippen LogP contribution in [-0.2, 0) is 22.1 Å². The third-order valence-corrected chi connectivity index (χ3v) is 6.82. The highest BCUT2D eigenvalue weighted by Gasteiger charge is 2.26. The Morgan fingerprint density at radius 1 is 1.06 bits per heavy atom. The molecular formula is C20H16F2N4O3S2. The quantitative estimate of drug-likeness (QED) is 0.361. The number of furan rings is 1. The zero-order valence-corrected chi connectivity index (χ0v) is 17.6. The number of sulfone groups is 1. The maximum atomic E-state index is 12.7.